The molecule has 8 heteroatoms. The molecule has 0 unspecified atom stereocenters. The Morgan fingerprint density at radius 2 is 1.88 bits per heavy atom. The Balaban J connectivity index is 1.95. The Labute approximate surface area is 144 Å². The molecule has 3 rings (SSSR count). The summed E-state index contributed by atoms with van der Waals surface area (Å²) in [5.74, 6) is -0.363. The van der Waals surface area contributed by atoms with Crippen molar-refractivity contribution in [2.45, 2.75) is 31.7 Å². The maximum atomic E-state index is 14.0. The molecule has 0 spiro atoms. The number of anilines is 3. The number of halogens is 2. The van der Waals surface area contributed by atoms with Gasteiger partial charge in [0, 0.05) is 12.3 Å². The van der Waals surface area contributed by atoms with Crippen LogP contribution in [0.3, 0.4) is 0 Å². The van der Waals surface area contributed by atoms with Crippen LogP contribution in [0.4, 0.5) is 26.2 Å². The van der Waals surface area contributed by atoms with Gasteiger partial charge in [0.1, 0.15) is 28.8 Å². The zero-order chi connectivity index (χ0) is 18.0. The number of benzene rings is 1. The van der Waals surface area contributed by atoms with Crippen LogP contribution in [0, 0.1) is 23.0 Å². The number of hydrogen-bond acceptors (Lipinski definition) is 5. The molecule has 6 nitrogen and oxygen atoms in total. The van der Waals surface area contributed by atoms with Crippen LogP contribution in [-0.2, 0) is 0 Å². The molecule has 6 N–H and O–H groups in total. The summed E-state index contributed by atoms with van der Waals surface area (Å²) in [4.78, 5) is 4.25. The van der Waals surface area contributed by atoms with Gasteiger partial charge in [-0.1, -0.05) is 6.07 Å². The lowest BCUT2D eigenvalue weighted by Crippen LogP contribution is -2.24. The fourth-order valence-electron chi connectivity index (χ4n) is 3.39. The van der Waals surface area contributed by atoms with Gasteiger partial charge in [0.15, 0.2) is 0 Å². The normalized spacial score (nSPS) is 20.4. The van der Waals surface area contributed by atoms with Crippen LogP contribution >= 0.6 is 0 Å². The highest BCUT2D eigenvalue weighted by atomic mass is 19.1. The predicted molar refractivity (Wildman–Crippen MR) is 94.2 cm³/mol. The molecule has 0 bridgehead atoms. The first-order valence-electron chi connectivity index (χ1n) is 8.34. The summed E-state index contributed by atoms with van der Waals surface area (Å²) in [5.41, 5.74) is 11.9. The second-order valence-electron chi connectivity index (χ2n) is 6.35. The molecule has 1 aromatic carbocycles. The quantitative estimate of drug-likeness (QED) is 0.623. The summed E-state index contributed by atoms with van der Waals surface area (Å²) in [7, 11) is 0. The number of nitrogens with two attached hydrogens (primary N) is 2. The lowest BCUT2D eigenvalue weighted by Gasteiger charge is -2.30. The summed E-state index contributed by atoms with van der Waals surface area (Å²) in [5, 5.41) is 10.2. The number of imidazole rings is 1. The Morgan fingerprint density at radius 1 is 1.24 bits per heavy atom. The smallest absolute Gasteiger partial charge is 0.210 e. The van der Waals surface area contributed by atoms with Crippen LogP contribution in [-0.4, -0.2) is 22.3 Å². The molecular weight excluding hydrogens is 326 g/mol. The van der Waals surface area contributed by atoms with E-state index in [0.29, 0.717) is 18.3 Å². The van der Waals surface area contributed by atoms with Crippen molar-refractivity contribution >= 4 is 23.7 Å². The second kappa shape index (κ2) is 7.18. The van der Waals surface area contributed by atoms with E-state index in [4.69, 9.17) is 16.9 Å². The molecule has 0 saturated heterocycles. The van der Waals surface area contributed by atoms with Crippen molar-refractivity contribution in [3.8, 4) is 0 Å². The highest BCUT2D eigenvalue weighted by Gasteiger charge is 2.27. The number of rotatable bonds is 5. The first-order chi connectivity index (χ1) is 12.0. The van der Waals surface area contributed by atoms with Crippen LogP contribution < -0.4 is 16.8 Å². The number of para-hydroxylation sites is 1. The Morgan fingerprint density at radius 3 is 2.44 bits per heavy atom. The van der Waals surface area contributed by atoms with Gasteiger partial charge in [-0.25, -0.2) is 13.8 Å². The van der Waals surface area contributed by atoms with Crippen LogP contribution in [0.5, 0.6) is 0 Å². The van der Waals surface area contributed by atoms with Crippen molar-refractivity contribution in [1.29, 1.82) is 5.41 Å². The molecule has 1 aliphatic carbocycles. The number of nitrogen functional groups attached to an aromatic ring is 1. The van der Waals surface area contributed by atoms with Crippen molar-refractivity contribution in [3.05, 3.63) is 35.5 Å². The molecule has 0 atom stereocenters. The van der Waals surface area contributed by atoms with E-state index in [1.807, 2.05) is 0 Å². The third-order valence-electron chi connectivity index (χ3n) is 4.83. The molecule has 25 heavy (non-hydrogen) atoms. The molecule has 1 fully saturated rings. The maximum Gasteiger partial charge on any atom is 0.210 e. The first kappa shape index (κ1) is 17.3. The van der Waals surface area contributed by atoms with Gasteiger partial charge in [0.05, 0.1) is 0 Å². The molecule has 1 saturated carbocycles. The molecule has 0 aliphatic heterocycles. The predicted octanol–water partition coefficient (Wildman–Crippen LogP) is 3.17. The minimum absolute atomic E-state index is 0.0568. The maximum absolute atomic E-state index is 14.0. The van der Waals surface area contributed by atoms with Crippen molar-refractivity contribution in [3.63, 3.8) is 0 Å². The topological polar surface area (TPSA) is 106 Å². The standard InChI is InChI=1S/C17H22F2N6/c18-12-2-1-3-13(19)15(12)24-17-23-14(9-21)16(22)25(17)11-6-4-10(8-20)5-7-11/h1-3,9-11,21H,4-8,20,22H2,(H,23,24). The summed E-state index contributed by atoms with van der Waals surface area (Å²) in [6.45, 7) is 0.656. The van der Waals surface area contributed by atoms with Gasteiger partial charge in [-0.05, 0) is 50.3 Å². The van der Waals surface area contributed by atoms with Gasteiger partial charge in [-0.15, -0.1) is 0 Å². The minimum atomic E-state index is -0.712. The molecule has 1 heterocycles. The SMILES string of the molecule is N=Cc1nc(Nc2c(F)cccc2F)n(C2CCC(CN)CC2)c1N. The number of aromatic nitrogens is 2. The van der Waals surface area contributed by atoms with Crippen molar-refractivity contribution in [2.75, 3.05) is 17.6 Å². The lowest BCUT2D eigenvalue weighted by atomic mass is 9.86. The number of nitrogens with zero attached hydrogens (tertiary/aromatic N) is 2. The third-order valence-corrected chi connectivity index (χ3v) is 4.83. The fraction of sp³-hybridized carbons (Fsp3) is 0.412. The van der Waals surface area contributed by atoms with E-state index in [-0.39, 0.29) is 23.4 Å². The van der Waals surface area contributed by atoms with Crippen LogP contribution in [0.2, 0.25) is 0 Å². The van der Waals surface area contributed by atoms with Gasteiger partial charge >= 0.3 is 0 Å². The average Bonchev–Trinajstić information content (AvgIpc) is 2.94. The van der Waals surface area contributed by atoms with Crippen LogP contribution in [0.25, 0.3) is 0 Å². The van der Waals surface area contributed by atoms with E-state index in [9.17, 15) is 8.78 Å². The second-order valence-corrected chi connectivity index (χ2v) is 6.35. The monoisotopic (exact) mass is 348 g/mol. The van der Waals surface area contributed by atoms with E-state index in [1.165, 1.54) is 18.2 Å². The number of hydrogen-bond donors (Lipinski definition) is 4. The molecule has 0 radical (unpaired) electrons. The van der Waals surface area contributed by atoms with Gasteiger partial charge in [0.2, 0.25) is 5.95 Å². The van der Waals surface area contributed by atoms with Crippen LogP contribution in [0.1, 0.15) is 37.4 Å². The highest BCUT2D eigenvalue weighted by Crippen LogP contribution is 2.37. The Kier molecular flexibility index (Phi) is 4.98. The molecule has 2 aromatic rings. The van der Waals surface area contributed by atoms with Crippen molar-refractivity contribution in [1.82, 2.24) is 9.55 Å². The molecular formula is C17H22F2N6. The van der Waals surface area contributed by atoms with E-state index < -0.39 is 11.6 Å². The molecule has 1 aromatic heterocycles. The van der Waals surface area contributed by atoms with E-state index in [1.54, 1.807) is 4.57 Å². The zero-order valence-corrected chi connectivity index (χ0v) is 13.8. The summed E-state index contributed by atoms with van der Waals surface area (Å²) in [6, 6.07) is 3.70. The zero-order valence-electron chi connectivity index (χ0n) is 13.8. The van der Waals surface area contributed by atoms with Crippen molar-refractivity contribution in [2.24, 2.45) is 11.7 Å². The summed E-state index contributed by atoms with van der Waals surface area (Å²) >= 11 is 0. The molecule has 1 aliphatic rings. The van der Waals surface area contributed by atoms with E-state index in [0.717, 1.165) is 31.9 Å². The minimum Gasteiger partial charge on any atom is -0.383 e. The molecule has 0 amide bonds. The fourth-order valence-corrected chi connectivity index (χ4v) is 3.39. The first-order valence-corrected chi connectivity index (χ1v) is 8.34. The largest absolute Gasteiger partial charge is 0.383 e. The lowest BCUT2D eigenvalue weighted by molar-refractivity contribution is 0.283. The summed E-state index contributed by atoms with van der Waals surface area (Å²) < 4.78 is 29.7. The van der Waals surface area contributed by atoms with Crippen molar-refractivity contribution < 1.29 is 8.78 Å². The Bertz CT molecular complexity index is 744. The molecule has 134 valence electrons. The number of nitrogens with one attached hydrogen (secondary N) is 2. The van der Waals surface area contributed by atoms with Gasteiger partial charge in [0.25, 0.3) is 0 Å². The highest BCUT2D eigenvalue weighted by molar-refractivity contribution is 5.83. The van der Waals surface area contributed by atoms with Gasteiger partial charge in [-0.2, -0.15) is 0 Å². The Hall–Kier alpha value is -2.48. The average molecular weight is 348 g/mol. The van der Waals surface area contributed by atoms with Gasteiger partial charge in [-0.3, -0.25) is 4.57 Å². The van der Waals surface area contributed by atoms with E-state index >= 15 is 0 Å². The summed E-state index contributed by atoms with van der Waals surface area (Å²) in [6.07, 6.45) is 4.68. The third kappa shape index (κ3) is 3.34. The van der Waals surface area contributed by atoms with Crippen LogP contribution in [0.15, 0.2) is 18.2 Å². The van der Waals surface area contributed by atoms with Gasteiger partial charge < -0.3 is 22.2 Å². The van der Waals surface area contributed by atoms with E-state index in [2.05, 4.69) is 10.3 Å².